The number of hydrogen-bond acceptors (Lipinski definition) is 6. The van der Waals surface area contributed by atoms with E-state index in [-0.39, 0.29) is 11.6 Å². The summed E-state index contributed by atoms with van der Waals surface area (Å²) in [6.07, 6.45) is 4.92. The molecule has 0 spiro atoms. The minimum absolute atomic E-state index is 0.0527. The summed E-state index contributed by atoms with van der Waals surface area (Å²) in [5.74, 6) is 0.679. The number of hydrogen-bond donors (Lipinski definition) is 0. The normalized spacial score (nSPS) is 17.2. The van der Waals surface area contributed by atoms with Crippen molar-refractivity contribution in [1.29, 1.82) is 0 Å². The van der Waals surface area contributed by atoms with Gasteiger partial charge in [-0.1, -0.05) is 11.6 Å². The highest BCUT2D eigenvalue weighted by Gasteiger charge is 2.28. The van der Waals surface area contributed by atoms with Crippen LogP contribution >= 0.6 is 11.6 Å². The zero-order valence-electron chi connectivity index (χ0n) is 16.7. The molecule has 2 saturated heterocycles. The average Bonchev–Trinajstić information content (AvgIpc) is 2.79. The number of halogens is 1. The third kappa shape index (κ3) is 4.33. The molecule has 0 saturated carbocycles. The van der Waals surface area contributed by atoms with Gasteiger partial charge in [0.15, 0.2) is 0 Å². The zero-order valence-corrected chi connectivity index (χ0v) is 17.4. The number of carbonyl (C=O) groups excluding carboxylic acids is 1. The lowest BCUT2D eigenvalue weighted by Gasteiger charge is -2.36. The number of pyridine rings is 1. The lowest BCUT2D eigenvalue weighted by molar-refractivity contribution is -0.384. The molecule has 0 N–H and O–H groups in total. The second-order valence-electron chi connectivity index (χ2n) is 7.62. The Balaban J connectivity index is 1.52. The monoisotopic (exact) mass is 429 g/mol. The van der Waals surface area contributed by atoms with Gasteiger partial charge < -0.3 is 14.7 Å². The summed E-state index contributed by atoms with van der Waals surface area (Å²) in [7, 11) is 0. The first-order valence-corrected chi connectivity index (χ1v) is 10.6. The summed E-state index contributed by atoms with van der Waals surface area (Å²) in [5.41, 5.74) is 1.17. The highest BCUT2D eigenvalue weighted by Crippen LogP contribution is 2.29. The van der Waals surface area contributed by atoms with E-state index >= 15 is 0 Å². The number of benzene rings is 1. The van der Waals surface area contributed by atoms with Crippen LogP contribution < -0.4 is 9.80 Å². The van der Waals surface area contributed by atoms with Crippen LogP contribution in [0, 0.1) is 10.1 Å². The van der Waals surface area contributed by atoms with Crippen molar-refractivity contribution < 1.29 is 9.72 Å². The van der Waals surface area contributed by atoms with Crippen molar-refractivity contribution >= 4 is 34.7 Å². The van der Waals surface area contributed by atoms with E-state index in [1.807, 2.05) is 6.07 Å². The van der Waals surface area contributed by atoms with Gasteiger partial charge in [0.2, 0.25) is 0 Å². The Morgan fingerprint density at radius 1 is 0.967 bits per heavy atom. The molecule has 2 aliphatic rings. The molecule has 1 aromatic heterocycles. The molecule has 30 heavy (non-hydrogen) atoms. The number of non-ortho nitro benzene ring substituents is 1. The number of amides is 1. The van der Waals surface area contributed by atoms with Gasteiger partial charge in [-0.25, -0.2) is 4.98 Å². The largest absolute Gasteiger partial charge is 0.371 e. The van der Waals surface area contributed by atoms with Crippen molar-refractivity contribution in [3.8, 4) is 0 Å². The minimum Gasteiger partial charge on any atom is -0.371 e. The number of piperazine rings is 1. The lowest BCUT2D eigenvalue weighted by Crippen LogP contribution is -2.49. The highest BCUT2D eigenvalue weighted by atomic mass is 35.5. The fraction of sp³-hybridized carbons (Fsp3) is 0.429. The van der Waals surface area contributed by atoms with Crippen molar-refractivity contribution in [3.05, 3.63) is 57.2 Å². The maximum Gasteiger partial charge on any atom is 0.270 e. The van der Waals surface area contributed by atoms with Crippen LogP contribution in [0.5, 0.6) is 0 Å². The third-order valence-electron chi connectivity index (χ3n) is 5.72. The molecule has 4 rings (SSSR count). The smallest absolute Gasteiger partial charge is 0.270 e. The van der Waals surface area contributed by atoms with Gasteiger partial charge in [0.1, 0.15) is 5.82 Å². The summed E-state index contributed by atoms with van der Waals surface area (Å²) in [5, 5.41) is 11.9. The molecule has 2 fully saturated rings. The molecule has 158 valence electrons. The Morgan fingerprint density at radius 3 is 2.33 bits per heavy atom. The van der Waals surface area contributed by atoms with Crippen LogP contribution in [0.3, 0.4) is 0 Å². The zero-order chi connectivity index (χ0) is 21.1. The van der Waals surface area contributed by atoms with Gasteiger partial charge in [-0.15, -0.1) is 0 Å². The topological polar surface area (TPSA) is 82.8 Å². The summed E-state index contributed by atoms with van der Waals surface area (Å²) in [6, 6.07) is 8.32. The first kappa shape index (κ1) is 20.4. The van der Waals surface area contributed by atoms with Crippen molar-refractivity contribution in [2.45, 2.75) is 19.3 Å². The Kier molecular flexibility index (Phi) is 6.03. The Morgan fingerprint density at radius 2 is 1.70 bits per heavy atom. The molecule has 0 bridgehead atoms. The van der Waals surface area contributed by atoms with Gasteiger partial charge >= 0.3 is 0 Å². The number of nitrogens with zero attached hydrogens (tertiary/aromatic N) is 5. The molecule has 8 nitrogen and oxygen atoms in total. The van der Waals surface area contributed by atoms with Gasteiger partial charge in [-0.05, 0) is 37.5 Å². The van der Waals surface area contributed by atoms with E-state index in [0.29, 0.717) is 36.8 Å². The molecule has 0 unspecified atom stereocenters. The third-order valence-corrected chi connectivity index (χ3v) is 5.94. The van der Waals surface area contributed by atoms with Crippen molar-refractivity contribution in [2.24, 2.45) is 0 Å². The van der Waals surface area contributed by atoms with Crippen molar-refractivity contribution in [2.75, 3.05) is 49.1 Å². The molecule has 9 heteroatoms. The molecular weight excluding hydrogens is 406 g/mol. The maximum absolute atomic E-state index is 13.4. The van der Waals surface area contributed by atoms with Crippen LogP contribution in [0.15, 0.2) is 36.5 Å². The first-order valence-electron chi connectivity index (χ1n) is 10.2. The SMILES string of the molecule is O=C(c1cc([N+](=O)[O-])ccc1N1CCCCC1)N1CCN(c2ccc(Cl)cn2)CC1. The van der Waals surface area contributed by atoms with E-state index in [1.54, 1.807) is 23.2 Å². The van der Waals surface area contributed by atoms with Crippen LogP contribution in [0.25, 0.3) is 0 Å². The van der Waals surface area contributed by atoms with E-state index in [2.05, 4.69) is 14.8 Å². The van der Waals surface area contributed by atoms with Crippen molar-refractivity contribution in [3.63, 3.8) is 0 Å². The van der Waals surface area contributed by atoms with Crippen LogP contribution in [0.2, 0.25) is 5.02 Å². The summed E-state index contributed by atoms with van der Waals surface area (Å²) < 4.78 is 0. The molecular formula is C21H24ClN5O3. The molecule has 0 aliphatic carbocycles. The Labute approximate surface area is 180 Å². The number of rotatable bonds is 4. The number of nitro groups is 1. The quantitative estimate of drug-likeness (QED) is 0.545. The van der Waals surface area contributed by atoms with Crippen LogP contribution in [0.1, 0.15) is 29.6 Å². The Bertz CT molecular complexity index is 923. The number of anilines is 2. The molecule has 1 aromatic carbocycles. The summed E-state index contributed by atoms with van der Waals surface area (Å²) >= 11 is 5.91. The summed E-state index contributed by atoms with van der Waals surface area (Å²) in [4.78, 5) is 34.6. The van der Waals surface area contributed by atoms with E-state index < -0.39 is 4.92 Å². The number of nitro benzene ring substituents is 1. The van der Waals surface area contributed by atoms with Gasteiger partial charge in [0.25, 0.3) is 11.6 Å². The van der Waals surface area contributed by atoms with E-state index in [4.69, 9.17) is 11.6 Å². The molecule has 0 atom stereocenters. The fourth-order valence-corrected chi connectivity index (χ4v) is 4.20. The molecule has 3 heterocycles. The number of carbonyl (C=O) groups is 1. The van der Waals surface area contributed by atoms with E-state index in [1.165, 1.54) is 18.6 Å². The van der Waals surface area contributed by atoms with Gasteiger partial charge in [-0.2, -0.15) is 0 Å². The van der Waals surface area contributed by atoms with E-state index in [0.717, 1.165) is 37.4 Å². The lowest BCUT2D eigenvalue weighted by atomic mass is 10.0. The van der Waals surface area contributed by atoms with Gasteiger partial charge in [0.05, 0.1) is 21.2 Å². The molecule has 1 amide bonds. The predicted octanol–water partition coefficient (Wildman–Crippen LogP) is 3.60. The average molecular weight is 430 g/mol. The second-order valence-corrected chi connectivity index (χ2v) is 8.06. The minimum atomic E-state index is -0.444. The van der Waals surface area contributed by atoms with Crippen LogP contribution in [-0.4, -0.2) is 60.0 Å². The molecule has 2 aliphatic heterocycles. The Hall–Kier alpha value is -2.87. The van der Waals surface area contributed by atoms with Crippen LogP contribution in [0.4, 0.5) is 17.2 Å². The first-order chi connectivity index (χ1) is 14.5. The molecule has 2 aromatic rings. The van der Waals surface area contributed by atoms with Crippen molar-refractivity contribution in [1.82, 2.24) is 9.88 Å². The number of piperidine rings is 1. The predicted molar refractivity (Wildman–Crippen MR) is 117 cm³/mol. The number of aromatic nitrogens is 1. The second kappa shape index (κ2) is 8.87. The van der Waals surface area contributed by atoms with Gasteiger partial charge in [0, 0.05) is 57.6 Å². The summed E-state index contributed by atoms with van der Waals surface area (Å²) in [6.45, 7) is 4.10. The molecule has 0 radical (unpaired) electrons. The maximum atomic E-state index is 13.4. The standard InChI is InChI=1S/C21H24ClN5O3/c22-16-4-7-20(23-15-16)25-10-12-26(13-11-25)21(28)18-14-17(27(29)30)5-6-19(18)24-8-2-1-3-9-24/h4-7,14-15H,1-3,8-13H2. The highest BCUT2D eigenvalue weighted by molar-refractivity contribution is 6.30. The van der Waals surface area contributed by atoms with E-state index in [9.17, 15) is 14.9 Å². The van der Waals surface area contributed by atoms with Gasteiger partial charge in [-0.3, -0.25) is 14.9 Å². The van der Waals surface area contributed by atoms with Crippen LogP contribution in [-0.2, 0) is 0 Å². The fourth-order valence-electron chi connectivity index (χ4n) is 4.08.